The van der Waals surface area contributed by atoms with Crippen LogP contribution in [0.3, 0.4) is 0 Å². The number of carbonyl (C=O) groups excluding carboxylic acids is 1. The summed E-state index contributed by atoms with van der Waals surface area (Å²) >= 11 is 0. The summed E-state index contributed by atoms with van der Waals surface area (Å²) in [6, 6.07) is 0.475. The van der Waals surface area contributed by atoms with Crippen molar-refractivity contribution < 1.29 is 4.79 Å². The highest BCUT2D eigenvalue weighted by atomic mass is 16.2. The van der Waals surface area contributed by atoms with Crippen molar-refractivity contribution in [1.29, 1.82) is 0 Å². The van der Waals surface area contributed by atoms with Crippen LogP contribution in [0.4, 0.5) is 0 Å². The SMILES string of the molecule is CCCCn1nc(C)nc1[C@H]1CCC(=O)N(C2CCCC2)C1. The van der Waals surface area contributed by atoms with Gasteiger partial charge in [0.05, 0.1) is 0 Å². The van der Waals surface area contributed by atoms with Crippen LogP contribution in [0.25, 0.3) is 0 Å². The van der Waals surface area contributed by atoms with Gasteiger partial charge in [-0.2, -0.15) is 5.10 Å². The number of aromatic nitrogens is 3. The van der Waals surface area contributed by atoms with Crippen LogP contribution < -0.4 is 0 Å². The number of nitrogens with zero attached hydrogens (tertiary/aromatic N) is 4. The van der Waals surface area contributed by atoms with Crippen molar-refractivity contribution in [1.82, 2.24) is 19.7 Å². The average molecular weight is 304 g/mol. The molecule has 1 amide bonds. The summed E-state index contributed by atoms with van der Waals surface area (Å²) in [5.74, 6) is 2.66. The monoisotopic (exact) mass is 304 g/mol. The van der Waals surface area contributed by atoms with Crippen LogP contribution in [0.15, 0.2) is 0 Å². The van der Waals surface area contributed by atoms with E-state index in [4.69, 9.17) is 0 Å². The van der Waals surface area contributed by atoms with Crippen LogP contribution in [0.1, 0.15) is 75.9 Å². The molecule has 1 aromatic rings. The van der Waals surface area contributed by atoms with E-state index >= 15 is 0 Å². The number of piperidine rings is 1. The summed E-state index contributed by atoms with van der Waals surface area (Å²) in [5, 5.41) is 4.57. The highest BCUT2D eigenvalue weighted by Crippen LogP contribution is 2.32. The van der Waals surface area contributed by atoms with Crippen LogP contribution in [0.2, 0.25) is 0 Å². The first-order valence-corrected chi connectivity index (χ1v) is 8.90. The first-order chi connectivity index (χ1) is 10.7. The molecular weight excluding hydrogens is 276 g/mol. The Hall–Kier alpha value is -1.39. The van der Waals surface area contributed by atoms with E-state index in [2.05, 4.69) is 26.6 Å². The molecule has 2 fully saturated rings. The Kier molecular flexibility index (Phi) is 4.79. The summed E-state index contributed by atoms with van der Waals surface area (Å²) in [7, 11) is 0. The van der Waals surface area contributed by atoms with Gasteiger partial charge in [0, 0.05) is 31.5 Å². The van der Waals surface area contributed by atoms with Gasteiger partial charge in [-0.25, -0.2) is 9.67 Å². The zero-order valence-corrected chi connectivity index (χ0v) is 13.9. The van der Waals surface area contributed by atoms with Gasteiger partial charge in [0.1, 0.15) is 11.6 Å². The van der Waals surface area contributed by atoms with Crippen molar-refractivity contribution in [3.8, 4) is 0 Å². The molecule has 5 nitrogen and oxygen atoms in total. The second-order valence-electron chi connectivity index (χ2n) is 6.81. The molecule has 1 aliphatic heterocycles. The second kappa shape index (κ2) is 6.80. The lowest BCUT2D eigenvalue weighted by molar-refractivity contribution is -0.136. The standard InChI is InChI=1S/C17H28N4O/c1-3-4-11-21-17(18-13(2)19-21)14-9-10-16(22)20(12-14)15-7-5-6-8-15/h14-15H,3-12H2,1-2H3/t14-/m0/s1. The number of hydrogen-bond acceptors (Lipinski definition) is 3. The summed E-state index contributed by atoms with van der Waals surface area (Å²) in [6.45, 7) is 5.95. The van der Waals surface area contributed by atoms with E-state index in [1.807, 2.05) is 6.92 Å². The number of carbonyl (C=O) groups is 1. The molecule has 2 aliphatic rings. The lowest BCUT2D eigenvalue weighted by Crippen LogP contribution is -2.45. The van der Waals surface area contributed by atoms with E-state index in [0.717, 1.165) is 44.0 Å². The van der Waals surface area contributed by atoms with Gasteiger partial charge in [-0.3, -0.25) is 4.79 Å². The van der Waals surface area contributed by atoms with E-state index in [0.29, 0.717) is 24.3 Å². The molecule has 22 heavy (non-hydrogen) atoms. The molecule has 1 aromatic heterocycles. The molecule has 0 unspecified atom stereocenters. The predicted octanol–water partition coefficient (Wildman–Crippen LogP) is 3.04. The number of unbranched alkanes of at least 4 members (excludes halogenated alkanes) is 1. The van der Waals surface area contributed by atoms with E-state index < -0.39 is 0 Å². The third-order valence-corrected chi connectivity index (χ3v) is 5.10. The number of hydrogen-bond donors (Lipinski definition) is 0. The Bertz CT molecular complexity index is 519. The van der Waals surface area contributed by atoms with Crippen molar-refractivity contribution in [2.24, 2.45) is 0 Å². The van der Waals surface area contributed by atoms with Gasteiger partial charge in [-0.1, -0.05) is 26.2 Å². The molecular formula is C17H28N4O. The maximum absolute atomic E-state index is 12.3. The third-order valence-electron chi connectivity index (χ3n) is 5.10. The summed E-state index contributed by atoms with van der Waals surface area (Å²) in [5.41, 5.74) is 0. The van der Waals surface area contributed by atoms with E-state index in [-0.39, 0.29) is 0 Å². The molecule has 2 heterocycles. The molecule has 0 spiro atoms. The van der Waals surface area contributed by atoms with Crippen molar-refractivity contribution in [3.05, 3.63) is 11.6 Å². The van der Waals surface area contributed by atoms with Gasteiger partial charge in [-0.05, 0) is 32.6 Å². The molecule has 3 rings (SSSR count). The average Bonchev–Trinajstić information content (AvgIpc) is 3.15. The highest BCUT2D eigenvalue weighted by molar-refractivity contribution is 5.77. The molecule has 0 bridgehead atoms. The zero-order valence-electron chi connectivity index (χ0n) is 13.9. The van der Waals surface area contributed by atoms with Gasteiger partial charge in [0.2, 0.25) is 5.91 Å². The lowest BCUT2D eigenvalue weighted by Gasteiger charge is -2.36. The maximum atomic E-state index is 12.3. The largest absolute Gasteiger partial charge is 0.339 e. The van der Waals surface area contributed by atoms with Crippen LogP contribution >= 0.6 is 0 Å². The van der Waals surface area contributed by atoms with Crippen LogP contribution in [0.5, 0.6) is 0 Å². The topological polar surface area (TPSA) is 51.0 Å². The first kappa shape index (κ1) is 15.5. The molecule has 0 radical (unpaired) electrons. The minimum Gasteiger partial charge on any atom is -0.339 e. The third kappa shape index (κ3) is 3.18. The number of likely N-dealkylation sites (tertiary alicyclic amines) is 1. The van der Waals surface area contributed by atoms with Gasteiger partial charge in [0.15, 0.2) is 0 Å². The summed E-state index contributed by atoms with van der Waals surface area (Å²) < 4.78 is 2.09. The van der Waals surface area contributed by atoms with E-state index in [9.17, 15) is 4.79 Å². The highest BCUT2D eigenvalue weighted by Gasteiger charge is 2.34. The maximum Gasteiger partial charge on any atom is 0.222 e. The molecule has 0 aromatic carbocycles. The molecule has 0 N–H and O–H groups in total. The van der Waals surface area contributed by atoms with Gasteiger partial charge >= 0.3 is 0 Å². The van der Waals surface area contributed by atoms with Crippen molar-refractivity contribution >= 4 is 5.91 Å². The minimum atomic E-state index is 0.347. The van der Waals surface area contributed by atoms with Crippen LogP contribution in [0, 0.1) is 6.92 Å². The van der Waals surface area contributed by atoms with Crippen LogP contribution in [-0.4, -0.2) is 38.2 Å². The molecule has 1 saturated heterocycles. The number of amides is 1. The Balaban J connectivity index is 1.75. The molecule has 5 heteroatoms. The second-order valence-corrected chi connectivity index (χ2v) is 6.81. The fraction of sp³-hybridized carbons (Fsp3) is 0.824. The van der Waals surface area contributed by atoms with Crippen LogP contribution in [-0.2, 0) is 11.3 Å². The van der Waals surface area contributed by atoms with Gasteiger partial charge in [0.25, 0.3) is 0 Å². The van der Waals surface area contributed by atoms with Gasteiger partial charge in [-0.15, -0.1) is 0 Å². The minimum absolute atomic E-state index is 0.347. The Morgan fingerprint density at radius 1 is 1.23 bits per heavy atom. The quantitative estimate of drug-likeness (QED) is 0.840. The Morgan fingerprint density at radius 2 is 2.00 bits per heavy atom. The first-order valence-electron chi connectivity index (χ1n) is 8.90. The number of aryl methyl sites for hydroxylation is 2. The number of rotatable bonds is 5. The lowest BCUT2D eigenvalue weighted by atomic mass is 9.95. The fourth-order valence-electron chi connectivity index (χ4n) is 3.90. The Morgan fingerprint density at radius 3 is 2.73 bits per heavy atom. The fourth-order valence-corrected chi connectivity index (χ4v) is 3.90. The van der Waals surface area contributed by atoms with Crippen molar-refractivity contribution in [3.63, 3.8) is 0 Å². The van der Waals surface area contributed by atoms with Crippen molar-refractivity contribution in [2.45, 2.75) is 83.7 Å². The van der Waals surface area contributed by atoms with E-state index in [1.54, 1.807) is 0 Å². The molecule has 1 aliphatic carbocycles. The smallest absolute Gasteiger partial charge is 0.222 e. The molecule has 1 saturated carbocycles. The zero-order chi connectivity index (χ0) is 15.5. The normalized spacial score (nSPS) is 23.5. The molecule has 122 valence electrons. The molecule has 1 atom stereocenters. The van der Waals surface area contributed by atoms with Gasteiger partial charge < -0.3 is 4.90 Å². The Labute approximate surface area is 133 Å². The predicted molar refractivity (Wildman–Crippen MR) is 85.6 cm³/mol. The summed E-state index contributed by atoms with van der Waals surface area (Å²) in [4.78, 5) is 19.1. The van der Waals surface area contributed by atoms with Crippen molar-refractivity contribution in [2.75, 3.05) is 6.54 Å². The van der Waals surface area contributed by atoms with E-state index in [1.165, 1.54) is 25.7 Å². The summed E-state index contributed by atoms with van der Waals surface area (Å²) in [6.07, 6.45) is 8.78.